The number of imidazole rings is 1. The largest absolute Gasteiger partial charge is 0.379 e. The van der Waals surface area contributed by atoms with Gasteiger partial charge < -0.3 is 10.2 Å². The summed E-state index contributed by atoms with van der Waals surface area (Å²) in [5.41, 5.74) is 3.36. The van der Waals surface area contributed by atoms with Crippen molar-refractivity contribution in [3.8, 4) is 0 Å². The molecular weight excluding hydrogens is 256 g/mol. The van der Waals surface area contributed by atoms with Crippen molar-refractivity contribution < 1.29 is 0 Å². The van der Waals surface area contributed by atoms with Crippen LogP contribution in [-0.4, -0.2) is 23.5 Å². The van der Waals surface area contributed by atoms with Crippen LogP contribution in [0.4, 0.5) is 11.4 Å². The van der Waals surface area contributed by atoms with Gasteiger partial charge in [-0.1, -0.05) is 6.07 Å². The van der Waals surface area contributed by atoms with Crippen molar-refractivity contribution in [3.63, 3.8) is 0 Å². The minimum atomic E-state index is 0.741. The van der Waals surface area contributed by atoms with Crippen molar-refractivity contribution in [1.29, 1.82) is 0 Å². The van der Waals surface area contributed by atoms with Crippen LogP contribution in [-0.2, 0) is 6.54 Å². The molecule has 0 amide bonds. The van der Waals surface area contributed by atoms with Crippen molar-refractivity contribution in [2.24, 2.45) is 0 Å². The van der Waals surface area contributed by atoms with Gasteiger partial charge in [0.15, 0.2) is 4.96 Å². The van der Waals surface area contributed by atoms with E-state index in [9.17, 15) is 0 Å². The molecule has 0 aliphatic heterocycles. The molecule has 0 saturated carbocycles. The van der Waals surface area contributed by atoms with Crippen LogP contribution >= 0.6 is 11.3 Å². The number of nitrogens with zero attached hydrogens (tertiary/aromatic N) is 3. The Morgan fingerprint density at radius 2 is 2.26 bits per heavy atom. The molecule has 1 aromatic carbocycles. The Morgan fingerprint density at radius 3 is 3.05 bits per heavy atom. The molecule has 3 aromatic rings. The third-order valence-electron chi connectivity index (χ3n) is 2.98. The average Bonchev–Trinajstić information content (AvgIpc) is 2.97. The van der Waals surface area contributed by atoms with Crippen LogP contribution < -0.4 is 10.2 Å². The fourth-order valence-corrected chi connectivity index (χ4v) is 2.67. The van der Waals surface area contributed by atoms with E-state index in [1.807, 2.05) is 25.7 Å². The highest BCUT2D eigenvalue weighted by Gasteiger charge is 2.03. The number of anilines is 2. The van der Waals surface area contributed by atoms with Gasteiger partial charge in [0.2, 0.25) is 0 Å². The molecular formula is C14H16N4S. The Balaban J connectivity index is 1.71. The lowest BCUT2D eigenvalue weighted by Gasteiger charge is -2.14. The Kier molecular flexibility index (Phi) is 3.13. The monoisotopic (exact) mass is 272 g/mol. The van der Waals surface area contributed by atoms with Gasteiger partial charge in [0.25, 0.3) is 0 Å². The number of benzene rings is 1. The van der Waals surface area contributed by atoms with Crippen LogP contribution in [0.2, 0.25) is 0 Å². The van der Waals surface area contributed by atoms with Crippen LogP contribution in [0.5, 0.6) is 0 Å². The summed E-state index contributed by atoms with van der Waals surface area (Å²) in [5, 5.41) is 5.45. The third-order valence-corrected chi connectivity index (χ3v) is 3.75. The lowest BCUT2D eigenvalue weighted by atomic mass is 10.2. The second kappa shape index (κ2) is 4.93. The van der Waals surface area contributed by atoms with E-state index in [1.165, 1.54) is 5.69 Å². The summed E-state index contributed by atoms with van der Waals surface area (Å²) in [5.74, 6) is 0. The zero-order valence-electron chi connectivity index (χ0n) is 11.0. The molecule has 0 aliphatic rings. The Bertz CT molecular complexity index is 655. The van der Waals surface area contributed by atoms with Gasteiger partial charge in [-0.25, -0.2) is 4.98 Å². The summed E-state index contributed by atoms with van der Waals surface area (Å²) < 4.78 is 2.05. The normalized spacial score (nSPS) is 10.8. The van der Waals surface area contributed by atoms with E-state index in [0.717, 1.165) is 22.9 Å². The number of aromatic nitrogens is 2. The van der Waals surface area contributed by atoms with E-state index in [4.69, 9.17) is 0 Å². The number of hydrogen-bond donors (Lipinski definition) is 1. The molecule has 0 bridgehead atoms. The van der Waals surface area contributed by atoms with Gasteiger partial charge in [0.05, 0.1) is 12.2 Å². The topological polar surface area (TPSA) is 32.6 Å². The summed E-state index contributed by atoms with van der Waals surface area (Å²) >= 11 is 1.65. The molecule has 1 N–H and O–H groups in total. The SMILES string of the molecule is CN(C)c1cccc(NCc2cn3ccsc3n2)c1. The van der Waals surface area contributed by atoms with Crippen LogP contribution in [0, 0.1) is 0 Å². The molecule has 2 heterocycles. The van der Waals surface area contributed by atoms with Gasteiger partial charge in [-0.2, -0.15) is 0 Å². The van der Waals surface area contributed by atoms with Crippen LogP contribution in [0.25, 0.3) is 4.96 Å². The summed E-state index contributed by atoms with van der Waals surface area (Å²) in [6, 6.07) is 8.37. The van der Waals surface area contributed by atoms with E-state index in [2.05, 4.69) is 50.1 Å². The Labute approximate surface area is 116 Å². The molecule has 0 fully saturated rings. The van der Waals surface area contributed by atoms with E-state index >= 15 is 0 Å². The maximum Gasteiger partial charge on any atom is 0.193 e. The zero-order valence-corrected chi connectivity index (χ0v) is 11.8. The van der Waals surface area contributed by atoms with E-state index in [1.54, 1.807) is 11.3 Å². The van der Waals surface area contributed by atoms with Crippen molar-refractivity contribution in [1.82, 2.24) is 9.38 Å². The highest BCUT2D eigenvalue weighted by molar-refractivity contribution is 7.15. The quantitative estimate of drug-likeness (QED) is 0.792. The maximum atomic E-state index is 4.55. The van der Waals surface area contributed by atoms with Crippen molar-refractivity contribution in [3.05, 3.63) is 47.7 Å². The predicted molar refractivity (Wildman–Crippen MR) is 81.2 cm³/mol. The fourth-order valence-electron chi connectivity index (χ4n) is 1.95. The molecule has 98 valence electrons. The lowest BCUT2D eigenvalue weighted by Crippen LogP contribution is -2.09. The van der Waals surface area contributed by atoms with Crippen molar-refractivity contribution >= 4 is 27.7 Å². The second-order valence-electron chi connectivity index (χ2n) is 4.62. The summed E-state index contributed by atoms with van der Waals surface area (Å²) in [6.45, 7) is 0.741. The fraction of sp³-hybridized carbons (Fsp3) is 0.214. The van der Waals surface area contributed by atoms with E-state index in [-0.39, 0.29) is 0 Å². The molecule has 0 aliphatic carbocycles. The van der Waals surface area contributed by atoms with Crippen molar-refractivity contribution in [2.45, 2.75) is 6.54 Å². The zero-order chi connectivity index (χ0) is 13.2. The first kappa shape index (κ1) is 12.0. The molecule has 0 spiro atoms. The molecule has 0 unspecified atom stereocenters. The lowest BCUT2D eigenvalue weighted by molar-refractivity contribution is 1.07. The average molecular weight is 272 g/mol. The van der Waals surface area contributed by atoms with Gasteiger partial charge in [-0.3, -0.25) is 4.40 Å². The minimum absolute atomic E-state index is 0.741. The number of rotatable bonds is 4. The Morgan fingerprint density at radius 1 is 1.37 bits per heavy atom. The highest BCUT2D eigenvalue weighted by atomic mass is 32.1. The summed E-state index contributed by atoms with van der Waals surface area (Å²) in [6.07, 6.45) is 4.10. The van der Waals surface area contributed by atoms with Gasteiger partial charge in [0.1, 0.15) is 0 Å². The van der Waals surface area contributed by atoms with E-state index < -0.39 is 0 Å². The molecule has 3 rings (SSSR count). The Hall–Kier alpha value is -2.01. The molecule has 19 heavy (non-hydrogen) atoms. The van der Waals surface area contributed by atoms with E-state index in [0.29, 0.717) is 0 Å². The predicted octanol–water partition coefficient (Wildman–Crippen LogP) is 3.07. The van der Waals surface area contributed by atoms with Gasteiger partial charge >= 0.3 is 0 Å². The first-order valence-electron chi connectivity index (χ1n) is 6.15. The van der Waals surface area contributed by atoms with Gasteiger partial charge in [0, 0.05) is 43.2 Å². The van der Waals surface area contributed by atoms with Gasteiger partial charge in [-0.05, 0) is 18.2 Å². The molecule has 2 aromatic heterocycles. The molecule has 0 atom stereocenters. The molecule has 5 heteroatoms. The standard InChI is InChI=1S/C14H16N4S/c1-17(2)13-5-3-4-11(8-13)15-9-12-10-18-6-7-19-14(18)16-12/h3-8,10,15H,9H2,1-2H3. The first-order chi connectivity index (χ1) is 9.22. The van der Waals surface area contributed by atoms with Crippen LogP contribution in [0.15, 0.2) is 42.0 Å². The molecule has 0 saturated heterocycles. The number of nitrogens with one attached hydrogen (secondary N) is 1. The second-order valence-corrected chi connectivity index (χ2v) is 5.50. The highest BCUT2D eigenvalue weighted by Crippen LogP contribution is 2.18. The maximum absolute atomic E-state index is 4.55. The summed E-state index contributed by atoms with van der Waals surface area (Å²) in [4.78, 5) is 7.69. The van der Waals surface area contributed by atoms with Gasteiger partial charge in [-0.15, -0.1) is 11.3 Å². The first-order valence-corrected chi connectivity index (χ1v) is 7.03. The third kappa shape index (κ3) is 2.56. The minimum Gasteiger partial charge on any atom is -0.379 e. The molecule has 0 radical (unpaired) electrons. The number of hydrogen-bond acceptors (Lipinski definition) is 4. The van der Waals surface area contributed by atoms with Crippen LogP contribution in [0.3, 0.4) is 0 Å². The van der Waals surface area contributed by atoms with Crippen molar-refractivity contribution in [2.75, 3.05) is 24.3 Å². The smallest absolute Gasteiger partial charge is 0.193 e. The van der Waals surface area contributed by atoms with Crippen LogP contribution in [0.1, 0.15) is 5.69 Å². The molecule has 4 nitrogen and oxygen atoms in total. The number of fused-ring (bicyclic) bond motifs is 1. The summed E-state index contributed by atoms with van der Waals surface area (Å²) in [7, 11) is 4.09. The number of thiazole rings is 1.